The van der Waals surface area contributed by atoms with Gasteiger partial charge in [0.25, 0.3) is 0 Å². The summed E-state index contributed by atoms with van der Waals surface area (Å²) in [6.45, 7) is 11.5. The van der Waals surface area contributed by atoms with E-state index in [0.717, 1.165) is 16.9 Å². The molecule has 2 rings (SSSR count). The first-order valence-corrected chi connectivity index (χ1v) is 5.11. The van der Waals surface area contributed by atoms with E-state index in [4.69, 9.17) is 9.47 Å². The maximum absolute atomic E-state index is 5.76. The maximum Gasteiger partial charge on any atom is 0.172 e. The van der Waals surface area contributed by atoms with E-state index in [1.54, 1.807) is 6.08 Å². The van der Waals surface area contributed by atoms with E-state index in [-0.39, 0.29) is 0 Å². The van der Waals surface area contributed by atoms with Crippen LogP contribution in [-0.2, 0) is 0 Å². The van der Waals surface area contributed by atoms with Crippen molar-refractivity contribution in [2.24, 2.45) is 0 Å². The molecule has 0 radical (unpaired) electrons. The lowest BCUT2D eigenvalue weighted by Crippen LogP contribution is -2.11. The van der Waals surface area contributed by atoms with E-state index in [1.165, 1.54) is 0 Å². The molecule has 0 unspecified atom stereocenters. The maximum atomic E-state index is 5.76. The average Bonchev–Trinajstić information content (AvgIpc) is 2.27. The largest absolute Gasteiger partial charge is 0.450 e. The third kappa shape index (κ3) is 1.74. The van der Waals surface area contributed by atoms with Crippen molar-refractivity contribution in [3.8, 4) is 11.5 Å². The number of hydrogen-bond donors (Lipinski definition) is 0. The molecule has 0 bridgehead atoms. The highest BCUT2D eigenvalue weighted by molar-refractivity contribution is 5.50. The fourth-order valence-electron chi connectivity index (χ4n) is 1.54. The first-order valence-electron chi connectivity index (χ1n) is 5.11. The summed E-state index contributed by atoms with van der Waals surface area (Å²) in [7, 11) is 0. The van der Waals surface area contributed by atoms with Crippen molar-refractivity contribution in [1.29, 1.82) is 0 Å². The lowest BCUT2D eigenvalue weighted by Gasteiger charge is -2.22. The molecular formula is C14H14O2. The zero-order valence-electron chi connectivity index (χ0n) is 9.54. The lowest BCUT2D eigenvalue weighted by atomic mass is 10.2. The highest BCUT2D eigenvalue weighted by Crippen LogP contribution is 2.37. The fraction of sp³-hybridized carbons (Fsp3) is 0.143. The molecule has 0 atom stereocenters. The number of aryl methyl sites for hydroxylation is 1. The molecule has 1 aromatic rings. The van der Waals surface area contributed by atoms with Crippen LogP contribution in [0.1, 0.15) is 12.5 Å². The van der Waals surface area contributed by atoms with Gasteiger partial charge in [-0.05, 0) is 43.2 Å². The number of hydrogen-bond acceptors (Lipinski definition) is 2. The Labute approximate surface area is 95.5 Å². The monoisotopic (exact) mass is 214 g/mol. The molecule has 1 aromatic carbocycles. The van der Waals surface area contributed by atoms with Gasteiger partial charge in [0, 0.05) is 0 Å². The molecule has 1 aliphatic heterocycles. The van der Waals surface area contributed by atoms with Gasteiger partial charge in [-0.25, -0.2) is 0 Å². The summed E-state index contributed by atoms with van der Waals surface area (Å²) in [6.07, 6.45) is 1.63. The molecule has 2 nitrogen and oxygen atoms in total. The zero-order chi connectivity index (χ0) is 11.7. The molecule has 0 aromatic heterocycles. The number of ether oxygens (including phenoxy) is 2. The van der Waals surface area contributed by atoms with Gasteiger partial charge >= 0.3 is 0 Å². The van der Waals surface area contributed by atoms with Crippen LogP contribution < -0.4 is 9.47 Å². The Morgan fingerprint density at radius 2 is 2.00 bits per heavy atom. The SMILES string of the molecule is C=CC1=C(C(=C)C)Oc2cc(C)ccc2O1. The quantitative estimate of drug-likeness (QED) is 0.746. The van der Waals surface area contributed by atoms with E-state index < -0.39 is 0 Å². The van der Waals surface area contributed by atoms with Crippen LogP contribution in [0.25, 0.3) is 0 Å². The summed E-state index contributed by atoms with van der Waals surface area (Å²) in [6, 6.07) is 5.82. The second-order valence-corrected chi connectivity index (χ2v) is 3.83. The molecule has 0 N–H and O–H groups in total. The average molecular weight is 214 g/mol. The third-order valence-electron chi connectivity index (χ3n) is 2.33. The first-order chi connectivity index (χ1) is 7.61. The van der Waals surface area contributed by atoms with E-state index >= 15 is 0 Å². The summed E-state index contributed by atoms with van der Waals surface area (Å²) >= 11 is 0. The molecule has 82 valence electrons. The summed E-state index contributed by atoms with van der Waals surface area (Å²) in [5, 5.41) is 0. The second-order valence-electron chi connectivity index (χ2n) is 3.83. The minimum Gasteiger partial charge on any atom is -0.450 e. The molecular weight excluding hydrogens is 200 g/mol. The molecule has 0 saturated carbocycles. The van der Waals surface area contributed by atoms with Crippen LogP contribution in [0.3, 0.4) is 0 Å². The van der Waals surface area contributed by atoms with Crippen molar-refractivity contribution in [2.45, 2.75) is 13.8 Å². The number of fused-ring (bicyclic) bond motifs is 1. The van der Waals surface area contributed by atoms with Crippen molar-refractivity contribution in [3.63, 3.8) is 0 Å². The summed E-state index contributed by atoms with van der Waals surface area (Å²) in [5.41, 5.74) is 1.95. The molecule has 16 heavy (non-hydrogen) atoms. The Balaban J connectivity index is 2.47. The van der Waals surface area contributed by atoms with Gasteiger partial charge < -0.3 is 9.47 Å². The van der Waals surface area contributed by atoms with Crippen molar-refractivity contribution >= 4 is 0 Å². The molecule has 0 fully saturated rings. The van der Waals surface area contributed by atoms with Gasteiger partial charge in [-0.1, -0.05) is 19.2 Å². The van der Waals surface area contributed by atoms with Gasteiger partial charge in [0.05, 0.1) is 0 Å². The van der Waals surface area contributed by atoms with E-state index in [9.17, 15) is 0 Å². The minimum absolute atomic E-state index is 0.615. The predicted molar refractivity (Wildman–Crippen MR) is 64.5 cm³/mol. The standard InChI is InChI=1S/C14H14O2/c1-5-11-14(9(2)3)16-13-8-10(4)6-7-12(13)15-11/h5-8H,1-2H2,3-4H3. The van der Waals surface area contributed by atoms with Crippen molar-refractivity contribution < 1.29 is 9.47 Å². The number of rotatable bonds is 2. The topological polar surface area (TPSA) is 18.5 Å². The summed E-state index contributed by atoms with van der Waals surface area (Å²) in [4.78, 5) is 0. The highest BCUT2D eigenvalue weighted by Gasteiger charge is 2.20. The Morgan fingerprint density at radius 3 is 2.62 bits per heavy atom. The normalized spacial score (nSPS) is 13.6. The van der Waals surface area contributed by atoms with E-state index in [2.05, 4.69) is 13.2 Å². The van der Waals surface area contributed by atoms with Gasteiger partial charge in [-0.15, -0.1) is 0 Å². The van der Waals surface area contributed by atoms with Gasteiger partial charge in [-0.3, -0.25) is 0 Å². The van der Waals surface area contributed by atoms with E-state index in [0.29, 0.717) is 17.3 Å². The van der Waals surface area contributed by atoms with Crippen molar-refractivity contribution in [3.05, 3.63) is 60.1 Å². The molecule has 0 saturated heterocycles. The van der Waals surface area contributed by atoms with Crippen LogP contribution >= 0.6 is 0 Å². The van der Waals surface area contributed by atoms with Gasteiger partial charge in [-0.2, -0.15) is 0 Å². The molecule has 1 aliphatic rings. The van der Waals surface area contributed by atoms with Crippen LogP contribution in [-0.4, -0.2) is 0 Å². The Kier molecular flexibility index (Phi) is 2.57. The molecule has 0 aliphatic carbocycles. The highest BCUT2D eigenvalue weighted by atomic mass is 16.6. The summed E-state index contributed by atoms with van der Waals surface area (Å²) < 4.78 is 11.4. The van der Waals surface area contributed by atoms with Crippen LogP contribution in [0.5, 0.6) is 11.5 Å². The molecule has 0 spiro atoms. The van der Waals surface area contributed by atoms with E-state index in [1.807, 2.05) is 32.0 Å². The number of benzene rings is 1. The number of allylic oxidation sites excluding steroid dienone is 2. The third-order valence-corrected chi connectivity index (χ3v) is 2.33. The Hall–Kier alpha value is -1.96. The van der Waals surface area contributed by atoms with Gasteiger partial charge in [0.15, 0.2) is 23.0 Å². The van der Waals surface area contributed by atoms with Crippen LogP contribution in [0.4, 0.5) is 0 Å². The van der Waals surface area contributed by atoms with Gasteiger partial charge in [0.1, 0.15) is 0 Å². The first kappa shape index (κ1) is 10.6. The Morgan fingerprint density at radius 1 is 1.25 bits per heavy atom. The lowest BCUT2D eigenvalue weighted by molar-refractivity contribution is 0.312. The zero-order valence-corrected chi connectivity index (χ0v) is 9.54. The second kappa shape index (κ2) is 3.89. The molecule has 2 heteroatoms. The minimum atomic E-state index is 0.615. The van der Waals surface area contributed by atoms with Crippen molar-refractivity contribution in [1.82, 2.24) is 0 Å². The predicted octanol–water partition coefficient (Wildman–Crippen LogP) is 3.74. The smallest absolute Gasteiger partial charge is 0.172 e. The van der Waals surface area contributed by atoms with Crippen LogP contribution in [0, 0.1) is 6.92 Å². The fourth-order valence-corrected chi connectivity index (χ4v) is 1.54. The molecule has 1 heterocycles. The molecule has 0 amide bonds. The summed E-state index contributed by atoms with van der Waals surface area (Å²) in [5.74, 6) is 2.70. The Bertz CT molecular complexity index is 495. The van der Waals surface area contributed by atoms with Crippen molar-refractivity contribution in [2.75, 3.05) is 0 Å². The van der Waals surface area contributed by atoms with Crippen LogP contribution in [0.2, 0.25) is 0 Å². The van der Waals surface area contributed by atoms with Crippen LogP contribution in [0.15, 0.2) is 54.5 Å². The van der Waals surface area contributed by atoms with Gasteiger partial charge in [0.2, 0.25) is 0 Å².